The minimum atomic E-state index is -0.365. The molecule has 0 bridgehead atoms. The van der Waals surface area contributed by atoms with E-state index in [0.29, 0.717) is 25.1 Å². The van der Waals surface area contributed by atoms with Gasteiger partial charge in [0.1, 0.15) is 0 Å². The molecule has 1 fully saturated rings. The number of hydrogen-bond donors (Lipinski definition) is 1. The lowest BCUT2D eigenvalue weighted by Crippen LogP contribution is -2.29. The van der Waals surface area contributed by atoms with E-state index in [9.17, 15) is 9.90 Å². The topological polar surface area (TPSA) is 53.4 Å². The van der Waals surface area contributed by atoms with E-state index >= 15 is 0 Å². The molecular weight excluding hydrogens is 180 g/mol. The maximum absolute atomic E-state index is 11.8. The number of nitrogens with zero attached hydrogens (tertiary/aromatic N) is 2. The number of β-amino-alcohol motifs (C(OH)–C–C–N with tert-alkyl or cyclic N) is 1. The van der Waals surface area contributed by atoms with Crippen molar-refractivity contribution < 1.29 is 9.90 Å². The third kappa shape index (κ3) is 1.75. The van der Waals surface area contributed by atoms with Crippen molar-refractivity contribution in [3.63, 3.8) is 0 Å². The molecule has 1 atom stereocenters. The summed E-state index contributed by atoms with van der Waals surface area (Å²) in [5.74, 6) is -0.0466. The molecule has 74 valence electrons. The summed E-state index contributed by atoms with van der Waals surface area (Å²) in [5.41, 5.74) is 0.585. The second kappa shape index (κ2) is 3.75. The lowest BCUT2D eigenvalue weighted by molar-refractivity contribution is 0.0764. The van der Waals surface area contributed by atoms with Gasteiger partial charge in [-0.25, -0.2) is 0 Å². The minimum Gasteiger partial charge on any atom is -0.391 e. The van der Waals surface area contributed by atoms with Gasteiger partial charge in [-0.1, -0.05) is 0 Å². The van der Waals surface area contributed by atoms with Crippen molar-refractivity contribution in [3.8, 4) is 0 Å². The molecule has 4 heteroatoms. The summed E-state index contributed by atoms with van der Waals surface area (Å²) in [6.07, 6.45) is 3.49. The van der Waals surface area contributed by atoms with E-state index in [-0.39, 0.29) is 12.0 Å². The molecule has 1 aliphatic heterocycles. The molecular formula is C10H12N2O2. The number of pyridine rings is 1. The second-order valence-corrected chi connectivity index (χ2v) is 3.44. The number of likely N-dealkylation sites (tertiary alicyclic amines) is 1. The van der Waals surface area contributed by atoms with Gasteiger partial charge in [-0.2, -0.15) is 0 Å². The van der Waals surface area contributed by atoms with Crippen molar-refractivity contribution in [1.82, 2.24) is 9.88 Å². The fraction of sp³-hybridized carbons (Fsp3) is 0.400. The molecule has 1 aromatic heterocycles. The normalized spacial score (nSPS) is 21.2. The van der Waals surface area contributed by atoms with Crippen LogP contribution in [-0.4, -0.2) is 40.1 Å². The van der Waals surface area contributed by atoms with Crippen LogP contribution in [-0.2, 0) is 0 Å². The fourth-order valence-corrected chi connectivity index (χ4v) is 1.60. The number of carbonyl (C=O) groups excluding carboxylic acids is 1. The van der Waals surface area contributed by atoms with Gasteiger partial charge in [-0.3, -0.25) is 9.78 Å². The van der Waals surface area contributed by atoms with E-state index in [1.165, 1.54) is 0 Å². The van der Waals surface area contributed by atoms with Crippen molar-refractivity contribution in [2.24, 2.45) is 0 Å². The molecule has 0 unspecified atom stereocenters. The van der Waals surface area contributed by atoms with Crippen molar-refractivity contribution in [2.45, 2.75) is 12.5 Å². The largest absolute Gasteiger partial charge is 0.391 e. The molecule has 0 spiro atoms. The van der Waals surface area contributed by atoms with Crippen molar-refractivity contribution >= 4 is 5.91 Å². The second-order valence-electron chi connectivity index (χ2n) is 3.44. The highest BCUT2D eigenvalue weighted by Crippen LogP contribution is 2.12. The van der Waals surface area contributed by atoms with Crippen molar-refractivity contribution in [3.05, 3.63) is 30.1 Å². The Morgan fingerprint density at radius 1 is 1.64 bits per heavy atom. The smallest absolute Gasteiger partial charge is 0.255 e. The first-order valence-corrected chi connectivity index (χ1v) is 4.65. The standard InChI is InChI=1S/C10H12N2O2/c13-9-3-5-12(7-9)10(14)8-2-1-4-11-6-8/h1-2,4,6,9,13H,3,5,7H2/t9-/m1/s1. The van der Waals surface area contributed by atoms with Crippen LogP contribution in [0.5, 0.6) is 0 Å². The third-order valence-electron chi connectivity index (χ3n) is 2.36. The first kappa shape index (κ1) is 9.15. The van der Waals surface area contributed by atoms with E-state index in [1.54, 1.807) is 29.4 Å². The van der Waals surface area contributed by atoms with E-state index in [4.69, 9.17) is 0 Å². The van der Waals surface area contributed by atoms with Crippen molar-refractivity contribution in [2.75, 3.05) is 13.1 Å². The van der Waals surface area contributed by atoms with Gasteiger partial charge < -0.3 is 10.0 Å². The van der Waals surface area contributed by atoms with Gasteiger partial charge in [0.05, 0.1) is 11.7 Å². The Morgan fingerprint density at radius 3 is 3.07 bits per heavy atom. The highest BCUT2D eigenvalue weighted by atomic mass is 16.3. The molecule has 4 nitrogen and oxygen atoms in total. The Bertz CT molecular complexity index is 326. The predicted molar refractivity (Wildman–Crippen MR) is 50.8 cm³/mol. The number of aliphatic hydroxyl groups is 1. The zero-order chi connectivity index (χ0) is 9.97. The molecule has 1 saturated heterocycles. The van der Waals surface area contributed by atoms with Crippen LogP contribution in [0.25, 0.3) is 0 Å². The van der Waals surface area contributed by atoms with E-state index in [2.05, 4.69) is 4.98 Å². The Kier molecular flexibility index (Phi) is 2.45. The minimum absolute atomic E-state index is 0.0466. The van der Waals surface area contributed by atoms with Crippen LogP contribution < -0.4 is 0 Å². The SMILES string of the molecule is O=C(c1cccnc1)N1CC[C@@H](O)C1. The number of carbonyl (C=O) groups is 1. The van der Waals surface area contributed by atoms with Crippen LogP contribution in [0, 0.1) is 0 Å². The lowest BCUT2D eigenvalue weighted by Gasteiger charge is -2.14. The molecule has 2 heterocycles. The van der Waals surface area contributed by atoms with Gasteiger partial charge in [0.2, 0.25) is 0 Å². The van der Waals surface area contributed by atoms with Gasteiger partial charge in [0.15, 0.2) is 0 Å². The number of rotatable bonds is 1. The monoisotopic (exact) mass is 192 g/mol. The van der Waals surface area contributed by atoms with Gasteiger partial charge in [-0.15, -0.1) is 0 Å². The quantitative estimate of drug-likeness (QED) is 0.695. The molecule has 1 N–H and O–H groups in total. The van der Waals surface area contributed by atoms with Crippen LogP contribution in [0.15, 0.2) is 24.5 Å². The van der Waals surface area contributed by atoms with Gasteiger partial charge >= 0.3 is 0 Å². The lowest BCUT2D eigenvalue weighted by atomic mass is 10.2. The molecule has 0 saturated carbocycles. The summed E-state index contributed by atoms with van der Waals surface area (Å²) in [7, 11) is 0. The summed E-state index contributed by atoms with van der Waals surface area (Å²) < 4.78 is 0. The van der Waals surface area contributed by atoms with E-state index in [1.807, 2.05) is 0 Å². The summed E-state index contributed by atoms with van der Waals surface area (Å²) >= 11 is 0. The first-order valence-electron chi connectivity index (χ1n) is 4.65. The molecule has 0 aliphatic carbocycles. The number of aliphatic hydroxyl groups excluding tert-OH is 1. The Labute approximate surface area is 82.2 Å². The zero-order valence-electron chi connectivity index (χ0n) is 7.76. The Hall–Kier alpha value is -1.42. The average molecular weight is 192 g/mol. The Balaban J connectivity index is 2.10. The van der Waals surface area contributed by atoms with Crippen LogP contribution >= 0.6 is 0 Å². The first-order chi connectivity index (χ1) is 6.77. The molecule has 2 rings (SSSR count). The average Bonchev–Trinajstić information content (AvgIpc) is 2.65. The highest BCUT2D eigenvalue weighted by molar-refractivity contribution is 5.94. The molecule has 14 heavy (non-hydrogen) atoms. The van der Waals surface area contributed by atoms with Gasteiger partial charge in [0.25, 0.3) is 5.91 Å². The van der Waals surface area contributed by atoms with Gasteiger partial charge in [-0.05, 0) is 18.6 Å². The summed E-state index contributed by atoms with van der Waals surface area (Å²) in [6, 6.07) is 3.47. The third-order valence-corrected chi connectivity index (χ3v) is 2.36. The highest BCUT2D eigenvalue weighted by Gasteiger charge is 2.25. The maximum atomic E-state index is 11.8. The molecule has 1 aliphatic rings. The maximum Gasteiger partial charge on any atom is 0.255 e. The summed E-state index contributed by atoms with van der Waals surface area (Å²) in [4.78, 5) is 17.3. The van der Waals surface area contributed by atoms with Crippen LogP contribution in [0.4, 0.5) is 0 Å². The summed E-state index contributed by atoms with van der Waals surface area (Å²) in [5, 5.41) is 9.29. The van der Waals surface area contributed by atoms with Crippen LogP contribution in [0.1, 0.15) is 16.8 Å². The summed E-state index contributed by atoms with van der Waals surface area (Å²) in [6.45, 7) is 1.07. The van der Waals surface area contributed by atoms with Crippen molar-refractivity contribution in [1.29, 1.82) is 0 Å². The van der Waals surface area contributed by atoms with Crippen LogP contribution in [0.2, 0.25) is 0 Å². The van der Waals surface area contributed by atoms with E-state index in [0.717, 1.165) is 0 Å². The molecule has 0 radical (unpaired) electrons. The van der Waals surface area contributed by atoms with Crippen LogP contribution in [0.3, 0.4) is 0 Å². The Morgan fingerprint density at radius 2 is 2.50 bits per heavy atom. The van der Waals surface area contributed by atoms with E-state index < -0.39 is 0 Å². The number of aromatic nitrogens is 1. The van der Waals surface area contributed by atoms with Gasteiger partial charge in [0, 0.05) is 25.5 Å². The molecule has 0 aromatic carbocycles. The number of hydrogen-bond acceptors (Lipinski definition) is 3. The molecule has 1 amide bonds. The zero-order valence-corrected chi connectivity index (χ0v) is 7.76. The predicted octanol–water partition coefficient (Wildman–Crippen LogP) is 0.288. The fourth-order valence-electron chi connectivity index (χ4n) is 1.60. The number of amides is 1. The molecule has 1 aromatic rings.